The SMILES string of the molecule is O=C(O)CC(O)CN1CCCCCCC1. The largest absolute Gasteiger partial charge is 0.481 e. The summed E-state index contributed by atoms with van der Waals surface area (Å²) in [6.45, 7) is 2.50. The molecule has 1 fully saturated rings. The molecule has 1 saturated heterocycles. The maximum atomic E-state index is 10.4. The molecular formula is C11H21NO3. The Labute approximate surface area is 90.9 Å². The van der Waals surface area contributed by atoms with Crippen LogP contribution in [-0.2, 0) is 4.79 Å². The molecule has 1 rings (SSSR count). The van der Waals surface area contributed by atoms with Crippen molar-refractivity contribution in [2.24, 2.45) is 0 Å². The maximum Gasteiger partial charge on any atom is 0.306 e. The molecule has 0 bridgehead atoms. The first kappa shape index (κ1) is 12.5. The Kier molecular flexibility index (Phi) is 5.65. The van der Waals surface area contributed by atoms with Crippen LogP contribution in [0.3, 0.4) is 0 Å². The Hall–Kier alpha value is -0.610. The number of aliphatic hydroxyl groups is 1. The average Bonchev–Trinajstić information content (AvgIpc) is 2.08. The van der Waals surface area contributed by atoms with Gasteiger partial charge in [-0.3, -0.25) is 4.79 Å². The summed E-state index contributed by atoms with van der Waals surface area (Å²) >= 11 is 0. The fraction of sp³-hybridized carbons (Fsp3) is 0.909. The van der Waals surface area contributed by atoms with Gasteiger partial charge in [0.15, 0.2) is 0 Å². The van der Waals surface area contributed by atoms with Crippen molar-refractivity contribution in [2.75, 3.05) is 19.6 Å². The molecule has 1 heterocycles. The summed E-state index contributed by atoms with van der Waals surface area (Å²) in [5.41, 5.74) is 0. The smallest absolute Gasteiger partial charge is 0.306 e. The molecular weight excluding hydrogens is 194 g/mol. The molecule has 0 aromatic heterocycles. The Bertz CT molecular complexity index is 188. The van der Waals surface area contributed by atoms with E-state index in [9.17, 15) is 9.90 Å². The van der Waals surface area contributed by atoms with Crippen LogP contribution in [0.4, 0.5) is 0 Å². The highest BCUT2D eigenvalue weighted by Crippen LogP contribution is 2.11. The molecule has 0 amide bonds. The van der Waals surface area contributed by atoms with Crippen molar-refractivity contribution in [3.63, 3.8) is 0 Å². The number of aliphatic hydroxyl groups excluding tert-OH is 1. The number of likely N-dealkylation sites (tertiary alicyclic amines) is 1. The molecule has 0 radical (unpaired) electrons. The number of carboxylic acids is 1. The lowest BCUT2D eigenvalue weighted by atomic mass is 10.1. The molecule has 0 aliphatic carbocycles. The minimum absolute atomic E-state index is 0.142. The molecule has 88 valence electrons. The number of hydrogen-bond acceptors (Lipinski definition) is 3. The number of aliphatic carboxylic acids is 1. The van der Waals surface area contributed by atoms with Gasteiger partial charge < -0.3 is 15.1 Å². The molecule has 4 nitrogen and oxygen atoms in total. The van der Waals surface area contributed by atoms with E-state index in [2.05, 4.69) is 4.90 Å². The summed E-state index contributed by atoms with van der Waals surface area (Å²) in [5, 5.41) is 18.0. The Morgan fingerprint density at radius 2 is 1.67 bits per heavy atom. The summed E-state index contributed by atoms with van der Waals surface area (Å²) in [5.74, 6) is -0.922. The molecule has 0 aromatic rings. The zero-order valence-electron chi connectivity index (χ0n) is 9.19. The van der Waals surface area contributed by atoms with E-state index in [4.69, 9.17) is 5.11 Å². The fourth-order valence-corrected chi connectivity index (χ4v) is 2.06. The molecule has 1 aliphatic heterocycles. The van der Waals surface area contributed by atoms with Gasteiger partial charge in [0.1, 0.15) is 0 Å². The Morgan fingerprint density at radius 1 is 1.13 bits per heavy atom. The number of carbonyl (C=O) groups is 1. The molecule has 0 spiro atoms. The van der Waals surface area contributed by atoms with Crippen molar-refractivity contribution < 1.29 is 15.0 Å². The van der Waals surface area contributed by atoms with Crippen LogP contribution in [-0.4, -0.2) is 46.8 Å². The van der Waals surface area contributed by atoms with Gasteiger partial charge >= 0.3 is 5.97 Å². The lowest BCUT2D eigenvalue weighted by molar-refractivity contribution is -0.139. The van der Waals surface area contributed by atoms with Gasteiger partial charge in [-0.15, -0.1) is 0 Å². The van der Waals surface area contributed by atoms with Gasteiger partial charge in [-0.2, -0.15) is 0 Å². The predicted molar refractivity (Wildman–Crippen MR) is 57.8 cm³/mol. The van der Waals surface area contributed by atoms with E-state index < -0.39 is 12.1 Å². The Balaban J connectivity index is 2.24. The fourth-order valence-electron chi connectivity index (χ4n) is 2.06. The third-order valence-corrected chi connectivity index (χ3v) is 2.83. The second-order valence-electron chi connectivity index (χ2n) is 4.32. The van der Waals surface area contributed by atoms with Crippen molar-refractivity contribution >= 4 is 5.97 Å². The third kappa shape index (κ3) is 5.74. The first-order valence-electron chi connectivity index (χ1n) is 5.80. The molecule has 15 heavy (non-hydrogen) atoms. The van der Waals surface area contributed by atoms with Crippen LogP contribution in [0.15, 0.2) is 0 Å². The second-order valence-corrected chi connectivity index (χ2v) is 4.32. The van der Waals surface area contributed by atoms with E-state index in [0.29, 0.717) is 6.54 Å². The summed E-state index contributed by atoms with van der Waals surface area (Å²) < 4.78 is 0. The summed E-state index contributed by atoms with van der Waals surface area (Å²) in [7, 11) is 0. The predicted octanol–water partition coefficient (Wildman–Crippen LogP) is 1.09. The van der Waals surface area contributed by atoms with Gasteiger partial charge in [0.25, 0.3) is 0 Å². The van der Waals surface area contributed by atoms with Crippen LogP contribution >= 0.6 is 0 Å². The minimum atomic E-state index is -0.922. The van der Waals surface area contributed by atoms with E-state index in [1.807, 2.05) is 0 Å². The molecule has 0 saturated carbocycles. The second kappa shape index (κ2) is 6.80. The van der Waals surface area contributed by atoms with Gasteiger partial charge in [-0.1, -0.05) is 19.3 Å². The zero-order valence-corrected chi connectivity index (χ0v) is 9.19. The number of rotatable bonds is 4. The molecule has 1 aliphatic rings. The summed E-state index contributed by atoms with van der Waals surface area (Å²) in [4.78, 5) is 12.6. The van der Waals surface area contributed by atoms with E-state index in [0.717, 1.165) is 13.1 Å². The third-order valence-electron chi connectivity index (χ3n) is 2.83. The normalized spacial score (nSPS) is 21.7. The van der Waals surface area contributed by atoms with E-state index in [1.54, 1.807) is 0 Å². The van der Waals surface area contributed by atoms with E-state index in [-0.39, 0.29) is 6.42 Å². The zero-order chi connectivity index (χ0) is 11.1. The van der Waals surface area contributed by atoms with Crippen LogP contribution in [0.25, 0.3) is 0 Å². The summed E-state index contributed by atoms with van der Waals surface area (Å²) in [6, 6.07) is 0. The van der Waals surface area contributed by atoms with Crippen molar-refractivity contribution in [3.8, 4) is 0 Å². The standard InChI is InChI=1S/C11H21NO3/c13-10(8-11(14)15)9-12-6-4-2-1-3-5-7-12/h10,13H,1-9H2,(H,14,15). The number of β-amino-alcohol motifs (C(OH)–C–C–N with tert-alkyl or cyclic N) is 1. The van der Waals surface area contributed by atoms with E-state index in [1.165, 1.54) is 32.1 Å². The number of nitrogens with zero attached hydrogens (tertiary/aromatic N) is 1. The van der Waals surface area contributed by atoms with Gasteiger partial charge in [-0.25, -0.2) is 0 Å². The van der Waals surface area contributed by atoms with Gasteiger partial charge in [-0.05, 0) is 25.9 Å². The monoisotopic (exact) mass is 215 g/mol. The molecule has 2 N–H and O–H groups in total. The molecule has 1 unspecified atom stereocenters. The van der Waals surface area contributed by atoms with Crippen LogP contribution in [0.5, 0.6) is 0 Å². The first-order chi connectivity index (χ1) is 7.18. The number of hydrogen-bond donors (Lipinski definition) is 2. The molecule has 4 heteroatoms. The van der Waals surface area contributed by atoms with Crippen molar-refractivity contribution in [1.29, 1.82) is 0 Å². The van der Waals surface area contributed by atoms with Gasteiger partial charge in [0, 0.05) is 6.54 Å². The molecule has 0 aromatic carbocycles. The van der Waals surface area contributed by atoms with Crippen molar-refractivity contribution in [1.82, 2.24) is 4.90 Å². The lowest BCUT2D eigenvalue weighted by Crippen LogP contribution is -2.35. The molecule has 1 atom stereocenters. The first-order valence-corrected chi connectivity index (χ1v) is 5.80. The highest BCUT2D eigenvalue weighted by molar-refractivity contribution is 5.67. The van der Waals surface area contributed by atoms with Crippen LogP contribution in [0, 0.1) is 0 Å². The minimum Gasteiger partial charge on any atom is -0.481 e. The van der Waals surface area contributed by atoms with E-state index >= 15 is 0 Å². The van der Waals surface area contributed by atoms with Crippen LogP contribution in [0.2, 0.25) is 0 Å². The maximum absolute atomic E-state index is 10.4. The van der Waals surface area contributed by atoms with Crippen LogP contribution < -0.4 is 0 Å². The lowest BCUT2D eigenvalue weighted by Gasteiger charge is -2.26. The highest BCUT2D eigenvalue weighted by Gasteiger charge is 2.15. The summed E-state index contributed by atoms with van der Waals surface area (Å²) in [6.07, 6.45) is 5.29. The quantitative estimate of drug-likeness (QED) is 0.737. The van der Waals surface area contributed by atoms with Crippen molar-refractivity contribution in [2.45, 2.75) is 44.6 Å². The van der Waals surface area contributed by atoms with Crippen LogP contribution in [0.1, 0.15) is 38.5 Å². The van der Waals surface area contributed by atoms with Crippen molar-refractivity contribution in [3.05, 3.63) is 0 Å². The number of carboxylic acid groups (broad SMARTS) is 1. The van der Waals surface area contributed by atoms with Gasteiger partial charge in [0.05, 0.1) is 12.5 Å². The highest BCUT2D eigenvalue weighted by atomic mass is 16.4. The average molecular weight is 215 g/mol. The topological polar surface area (TPSA) is 60.8 Å². The Morgan fingerprint density at radius 3 is 2.20 bits per heavy atom. The van der Waals surface area contributed by atoms with Gasteiger partial charge in [0.2, 0.25) is 0 Å².